The van der Waals surface area contributed by atoms with Gasteiger partial charge in [0.25, 0.3) is 0 Å². The van der Waals surface area contributed by atoms with E-state index in [1.807, 2.05) is 24.3 Å². The molecule has 1 aromatic carbocycles. The molecule has 3 heteroatoms. The molecule has 82 valence electrons. The summed E-state index contributed by atoms with van der Waals surface area (Å²) >= 11 is 0. The Bertz CT molecular complexity index is 302. The molecule has 0 aromatic heterocycles. The predicted molar refractivity (Wildman–Crippen MR) is 62.0 cm³/mol. The molecule has 0 radical (unpaired) electrons. The number of nitrogens with zero attached hydrogens (tertiary/aromatic N) is 1. The lowest BCUT2D eigenvalue weighted by Crippen LogP contribution is -2.35. The minimum Gasteiger partial charge on any atom is -0.490 e. The largest absolute Gasteiger partial charge is 0.490 e. The zero-order valence-corrected chi connectivity index (χ0v) is 9.15. The van der Waals surface area contributed by atoms with Crippen LogP contribution in [0.15, 0.2) is 24.3 Å². The third-order valence-corrected chi connectivity index (χ3v) is 2.85. The van der Waals surface area contributed by atoms with Gasteiger partial charge in [-0.1, -0.05) is 0 Å². The minimum absolute atomic E-state index is 0.366. The van der Waals surface area contributed by atoms with Crippen molar-refractivity contribution in [1.29, 1.82) is 0 Å². The van der Waals surface area contributed by atoms with Crippen LogP contribution in [-0.4, -0.2) is 31.1 Å². The Morgan fingerprint density at radius 2 is 1.80 bits per heavy atom. The van der Waals surface area contributed by atoms with Crippen LogP contribution >= 0.6 is 0 Å². The maximum absolute atomic E-state index is 5.88. The summed E-state index contributed by atoms with van der Waals surface area (Å²) in [6.45, 7) is 2.25. The van der Waals surface area contributed by atoms with E-state index in [0.29, 0.717) is 6.10 Å². The van der Waals surface area contributed by atoms with Gasteiger partial charge in [0.05, 0.1) is 0 Å². The van der Waals surface area contributed by atoms with E-state index in [4.69, 9.17) is 10.5 Å². The highest BCUT2D eigenvalue weighted by atomic mass is 16.5. The smallest absolute Gasteiger partial charge is 0.119 e. The van der Waals surface area contributed by atoms with Gasteiger partial charge in [0.1, 0.15) is 11.9 Å². The number of benzene rings is 1. The summed E-state index contributed by atoms with van der Waals surface area (Å²) in [4.78, 5) is 2.34. The topological polar surface area (TPSA) is 38.5 Å². The molecular formula is C12H18N2O. The number of hydrogen-bond acceptors (Lipinski definition) is 3. The third-order valence-electron chi connectivity index (χ3n) is 2.85. The second kappa shape index (κ2) is 4.53. The molecule has 0 saturated carbocycles. The van der Waals surface area contributed by atoms with E-state index in [9.17, 15) is 0 Å². The number of ether oxygens (including phenoxy) is 1. The Balaban J connectivity index is 1.89. The molecule has 0 atom stereocenters. The van der Waals surface area contributed by atoms with Crippen molar-refractivity contribution in [2.24, 2.45) is 0 Å². The molecule has 0 aliphatic carbocycles. The van der Waals surface area contributed by atoms with Crippen molar-refractivity contribution >= 4 is 5.69 Å². The summed E-state index contributed by atoms with van der Waals surface area (Å²) in [6.07, 6.45) is 2.59. The van der Waals surface area contributed by atoms with Crippen molar-refractivity contribution in [3.63, 3.8) is 0 Å². The maximum Gasteiger partial charge on any atom is 0.119 e. The fraction of sp³-hybridized carbons (Fsp3) is 0.500. The van der Waals surface area contributed by atoms with Gasteiger partial charge in [-0.05, 0) is 44.2 Å². The molecule has 1 saturated heterocycles. The average Bonchev–Trinajstić information content (AvgIpc) is 2.25. The molecule has 0 unspecified atom stereocenters. The van der Waals surface area contributed by atoms with Gasteiger partial charge >= 0.3 is 0 Å². The number of hydrogen-bond donors (Lipinski definition) is 1. The van der Waals surface area contributed by atoms with Gasteiger partial charge in [-0.2, -0.15) is 0 Å². The molecule has 1 aliphatic rings. The number of piperidine rings is 1. The summed E-state index contributed by atoms with van der Waals surface area (Å²) in [5.41, 5.74) is 6.40. The molecule has 3 nitrogen and oxygen atoms in total. The Kier molecular flexibility index (Phi) is 3.11. The Hall–Kier alpha value is -1.22. The summed E-state index contributed by atoms with van der Waals surface area (Å²) in [5.74, 6) is 0.929. The summed E-state index contributed by atoms with van der Waals surface area (Å²) < 4.78 is 5.88. The van der Waals surface area contributed by atoms with Gasteiger partial charge in [-0.25, -0.2) is 0 Å². The van der Waals surface area contributed by atoms with Crippen LogP contribution in [0.2, 0.25) is 0 Å². The van der Waals surface area contributed by atoms with E-state index >= 15 is 0 Å². The first-order valence-electron chi connectivity index (χ1n) is 5.45. The zero-order valence-electron chi connectivity index (χ0n) is 9.15. The molecule has 1 heterocycles. The predicted octanol–water partition coefficient (Wildman–Crippen LogP) is 1.74. The summed E-state index contributed by atoms with van der Waals surface area (Å²) in [5, 5.41) is 0. The Morgan fingerprint density at radius 1 is 1.20 bits per heavy atom. The number of rotatable bonds is 2. The molecule has 15 heavy (non-hydrogen) atoms. The number of nitrogen functional groups attached to an aromatic ring is 1. The van der Waals surface area contributed by atoms with Crippen molar-refractivity contribution in [1.82, 2.24) is 4.90 Å². The maximum atomic E-state index is 5.88. The zero-order chi connectivity index (χ0) is 10.7. The quantitative estimate of drug-likeness (QED) is 0.749. The Labute approximate surface area is 90.8 Å². The molecule has 1 aliphatic heterocycles. The first-order chi connectivity index (χ1) is 7.24. The Morgan fingerprint density at radius 3 is 2.40 bits per heavy atom. The van der Waals surface area contributed by atoms with Crippen molar-refractivity contribution in [2.45, 2.75) is 18.9 Å². The molecular weight excluding hydrogens is 188 g/mol. The van der Waals surface area contributed by atoms with Crippen LogP contribution in [0, 0.1) is 0 Å². The van der Waals surface area contributed by atoms with E-state index in [1.165, 1.54) is 0 Å². The lowest BCUT2D eigenvalue weighted by Gasteiger charge is -2.29. The van der Waals surface area contributed by atoms with Gasteiger partial charge in [0.2, 0.25) is 0 Å². The van der Waals surface area contributed by atoms with Crippen molar-refractivity contribution in [2.75, 3.05) is 25.9 Å². The fourth-order valence-electron chi connectivity index (χ4n) is 1.84. The molecule has 1 aromatic rings. The van der Waals surface area contributed by atoms with Gasteiger partial charge < -0.3 is 15.4 Å². The van der Waals surface area contributed by atoms with E-state index in [0.717, 1.165) is 37.4 Å². The standard InChI is InChI=1S/C12H18N2O/c1-14-8-6-12(7-9-14)15-11-4-2-10(13)3-5-11/h2-5,12H,6-9,13H2,1H3. The number of likely N-dealkylation sites (tertiary alicyclic amines) is 1. The number of nitrogens with two attached hydrogens (primary N) is 1. The summed E-state index contributed by atoms with van der Waals surface area (Å²) in [6, 6.07) is 7.63. The van der Waals surface area contributed by atoms with Crippen LogP contribution in [0.1, 0.15) is 12.8 Å². The second-order valence-electron chi connectivity index (χ2n) is 4.19. The first kappa shape index (κ1) is 10.3. The fourth-order valence-corrected chi connectivity index (χ4v) is 1.84. The molecule has 0 amide bonds. The van der Waals surface area contributed by atoms with E-state index in [-0.39, 0.29) is 0 Å². The summed E-state index contributed by atoms with van der Waals surface area (Å²) in [7, 11) is 2.15. The van der Waals surface area contributed by atoms with Crippen molar-refractivity contribution < 1.29 is 4.74 Å². The highest BCUT2D eigenvalue weighted by Gasteiger charge is 2.17. The van der Waals surface area contributed by atoms with E-state index in [2.05, 4.69) is 11.9 Å². The normalized spacial score (nSPS) is 19.0. The first-order valence-corrected chi connectivity index (χ1v) is 5.45. The third kappa shape index (κ3) is 2.86. The van der Waals surface area contributed by atoms with Crippen molar-refractivity contribution in [3.8, 4) is 5.75 Å². The highest BCUT2D eigenvalue weighted by Crippen LogP contribution is 2.19. The molecule has 0 bridgehead atoms. The van der Waals surface area contributed by atoms with Crippen LogP contribution < -0.4 is 10.5 Å². The van der Waals surface area contributed by atoms with E-state index in [1.54, 1.807) is 0 Å². The monoisotopic (exact) mass is 206 g/mol. The number of anilines is 1. The lowest BCUT2D eigenvalue weighted by molar-refractivity contribution is 0.114. The highest BCUT2D eigenvalue weighted by molar-refractivity contribution is 5.41. The molecule has 1 fully saturated rings. The van der Waals surface area contributed by atoms with Gasteiger partial charge in [0, 0.05) is 18.8 Å². The molecule has 2 rings (SSSR count). The SMILES string of the molecule is CN1CCC(Oc2ccc(N)cc2)CC1. The molecule has 2 N–H and O–H groups in total. The van der Waals surface area contributed by atoms with Crippen LogP contribution in [0.3, 0.4) is 0 Å². The van der Waals surface area contributed by atoms with Crippen LogP contribution in [-0.2, 0) is 0 Å². The van der Waals surface area contributed by atoms with Crippen LogP contribution in [0.4, 0.5) is 5.69 Å². The molecule has 0 spiro atoms. The second-order valence-corrected chi connectivity index (χ2v) is 4.19. The van der Waals surface area contributed by atoms with Gasteiger partial charge in [-0.15, -0.1) is 0 Å². The van der Waals surface area contributed by atoms with Crippen molar-refractivity contribution in [3.05, 3.63) is 24.3 Å². The van der Waals surface area contributed by atoms with Crippen LogP contribution in [0.5, 0.6) is 5.75 Å². The lowest BCUT2D eigenvalue weighted by atomic mass is 10.1. The van der Waals surface area contributed by atoms with E-state index < -0.39 is 0 Å². The average molecular weight is 206 g/mol. The minimum atomic E-state index is 0.366. The van der Waals surface area contributed by atoms with Gasteiger partial charge in [-0.3, -0.25) is 0 Å². The van der Waals surface area contributed by atoms with Crippen LogP contribution in [0.25, 0.3) is 0 Å². The van der Waals surface area contributed by atoms with Gasteiger partial charge in [0.15, 0.2) is 0 Å².